The zero-order valence-electron chi connectivity index (χ0n) is 79.0. The third-order valence-corrected chi connectivity index (χ3v) is 21.2. The second-order valence-electron chi connectivity index (χ2n) is 33.6. The SMILES string of the molecule is CN[C@H](C(=O)N[C@H](C(=O)N(C)[C@H](/C=C(\C)C(=O)O)C(C)C)C(C)(C)C)C(C)(C)c1cccc(NC(=O)OCc2ccc(NC(=O)[C@H](CCCCN)NC(=O)[C@@H](NC(=O)[C@H](CNC(=O)CCOCCOCCOCCOCCOCCOCCOCCOCCOCCOCCOCCOC)NC(=O)CCCCC(=O)N3Cc4ccccc4C#Cc4ccccc43)C(C)C)cc2)c1. The number of ether oxygens (including phenoxy) is 13. The van der Waals surface area contributed by atoms with E-state index in [2.05, 4.69) is 54.4 Å². The summed E-state index contributed by atoms with van der Waals surface area (Å²) in [6.07, 6.45) is 2.41. The quantitative estimate of drug-likeness (QED) is 0.0117. The summed E-state index contributed by atoms with van der Waals surface area (Å²) in [4.78, 5) is 141. The topological polar surface area (TPSA) is 440 Å². The van der Waals surface area contributed by atoms with E-state index >= 15 is 0 Å². The van der Waals surface area contributed by atoms with Gasteiger partial charge in [0.2, 0.25) is 47.3 Å². The number of nitrogens with zero attached hydrogens (tertiary/aromatic N) is 2. The summed E-state index contributed by atoms with van der Waals surface area (Å²) in [5.74, 6) is 0.516. The molecule has 0 bridgehead atoms. The molecule has 11 N–H and O–H groups in total. The van der Waals surface area contributed by atoms with Crippen LogP contribution in [0.4, 0.5) is 21.9 Å². The Bertz CT molecular complexity index is 4190. The highest BCUT2D eigenvalue weighted by atomic mass is 16.6. The fraction of sp³-hybridized carbons (Fsp3) is 0.604. The number of fused-ring (bicyclic) bond motifs is 2. The van der Waals surface area contributed by atoms with Crippen LogP contribution in [-0.2, 0) is 123 Å². The van der Waals surface area contributed by atoms with Crippen molar-refractivity contribution in [2.45, 2.75) is 175 Å². The Morgan fingerprint density at radius 3 is 1.56 bits per heavy atom. The average Bonchev–Trinajstić information content (AvgIpc) is 0.798. The number of carboxylic acids is 1. The van der Waals surface area contributed by atoms with E-state index in [0.29, 0.717) is 198 Å². The van der Waals surface area contributed by atoms with Gasteiger partial charge >= 0.3 is 12.1 Å². The van der Waals surface area contributed by atoms with Crippen molar-refractivity contribution < 1.29 is 115 Å². The number of nitrogens with two attached hydrogens (primary N) is 1. The molecule has 0 aliphatic carbocycles. The molecule has 35 heteroatoms. The molecule has 35 nitrogen and oxygen atoms in total. The Morgan fingerprint density at radius 1 is 0.519 bits per heavy atom. The molecule has 6 atom stereocenters. The lowest BCUT2D eigenvalue weighted by molar-refractivity contribution is -0.141. The predicted octanol–water partition coefficient (Wildman–Crippen LogP) is 7.37. The lowest BCUT2D eigenvalue weighted by atomic mass is 9.76. The van der Waals surface area contributed by atoms with Crippen LogP contribution >= 0.6 is 0 Å². The number of carbonyl (C=O) groups excluding carboxylic acids is 9. The van der Waals surface area contributed by atoms with Gasteiger partial charge in [-0.1, -0.05) is 135 Å². The van der Waals surface area contributed by atoms with Crippen LogP contribution in [0.15, 0.2) is 109 Å². The number of carboxylic acid groups (broad SMARTS) is 1. The van der Waals surface area contributed by atoms with Gasteiger partial charge in [0.25, 0.3) is 0 Å². The van der Waals surface area contributed by atoms with Crippen molar-refractivity contribution in [1.29, 1.82) is 0 Å². The smallest absolute Gasteiger partial charge is 0.411 e. The molecule has 0 unspecified atom stereocenters. The first-order valence-electron chi connectivity index (χ1n) is 45.2. The van der Waals surface area contributed by atoms with Gasteiger partial charge in [-0.3, -0.25) is 43.7 Å². The molecular weight excluding hydrogens is 1690 g/mol. The number of likely N-dealkylation sites (N-methyl/N-ethyl adjacent to an activating group) is 2. The third kappa shape index (κ3) is 43.6. The van der Waals surface area contributed by atoms with E-state index in [9.17, 15) is 53.1 Å². The first-order chi connectivity index (χ1) is 62.9. The number of anilines is 3. The van der Waals surface area contributed by atoms with Gasteiger partial charge in [-0.05, 0) is 129 Å². The molecule has 0 radical (unpaired) electrons. The van der Waals surface area contributed by atoms with E-state index in [0.717, 1.165) is 11.1 Å². The second-order valence-corrected chi connectivity index (χ2v) is 33.6. The van der Waals surface area contributed by atoms with Gasteiger partial charge in [-0.25, -0.2) is 9.59 Å². The Hall–Kier alpha value is -9.88. The molecule has 0 spiro atoms. The summed E-state index contributed by atoms with van der Waals surface area (Å²) in [5, 5.41) is 32.4. The maximum absolute atomic E-state index is 14.5. The molecule has 4 aromatic carbocycles. The molecule has 4 aromatic rings. The highest BCUT2D eigenvalue weighted by Gasteiger charge is 2.42. The van der Waals surface area contributed by atoms with Gasteiger partial charge in [0, 0.05) is 73.5 Å². The molecule has 0 saturated heterocycles. The number of nitrogens with one attached hydrogen (secondary N) is 8. The van der Waals surface area contributed by atoms with Gasteiger partial charge in [-0.2, -0.15) is 0 Å². The van der Waals surface area contributed by atoms with Gasteiger partial charge in [0.1, 0.15) is 30.8 Å². The first kappa shape index (κ1) is 112. The predicted molar refractivity (Wildman–Crippen MR) is 496 cm³/mol. The molecule has 0 fully saturated rings. The van der Waals surface area contributed by atoms with Crippen LogP contribution in [0.3, 0.4) is 0 Å². The van der Waals surface area contributed by atoms with E-state index in [1.54, 1.807) is 88.5 Å². The summed E-state index contributed by atoms with van der Waals surface area (Å²) in [6.45, 7) is 27.2. The first-order valence-corrected chi connectivity index (χ1v) is 45.2. The molecule has 1 aliphatic rings. The zero-order valence-corrected chi connectivity index (χ0v) is 79.0. The van der Waals surface area contributed by atoms with Crippen molar-refractivity contribution in [3.05, 3.63) is 137 Å². The number of benzene rings is 4. The van der Waals surface area contributed by atoms with Crippen molar-refractivity contribution in [2.75, 3.05) is 202 Å². The van der Waals surface area contributed by atoms with Gasteiger partial charge in [0.05, 0.1) is 176 Å². The number of aliphatic carboxylic acids is 1. The number of unbranched alkanes of at least 4 members (excludes halogenated alkanes) is 2. The highest BCUT2D eigenvalue weighted by Crippen LogP contribution is 2.32. The van der Waals surface area contributed by atoms with Gasteiger partial charge < -0.3 is 119 Å². The van der Waals surface area contributed by atoms with Crippen molar-refractivity contribution in [1.82, 2.24) is 36.8 Å². The number of amides is 9. The highest BCUT2D eigenvalue weighted by molar-refractivity contribution is 6.00. The van der Waals surface area contributed by atoms with Crippen LogP contribution < -0.4 is 53.2 Å². The number of hydrogen-bond acceptors (Lipinski definition) is 25. The number of carbonyl (C=O) groups is 10. The van der Waals surface area contributed by atoms with Crippen LogP contribution in [0.2, 0.25) is 0 Å². The standard InChI is InChI=1S/C96H145N11O24/c1-68(2)81(63-70(5)93(116)117)106(12)92(115)87(95(6,7)8)105-91(114)86(98-11)96(9,10)75-26-22-27-77(64-75)101-94(118)131-67-71-32-36-76(37-33-71)100-88(111)78(28-20-21-39-97)103-90(113)85(69(3)4)104-89(112)79(102-83(109)30-18-19-31-84(110)107-66-74-25-15-14-23-72(74)34-35-73-24-16-17-29-80(73)107)65-99-82(108)38-40-120-43-44-122-47-48-124-51-52-126-55-56-128-59-60-130-62-61-129-58-57-127-54-53-125-50-49-123-46-45-121-42-41-119-13/h14-17,22-27,29,32-33,36-37,63-64,68-69,78-79,81,85-87,98H,18-21,28,30-31,38-62,65-67,97H2,1-13H3,(H,99,108)(H,100,111)(H,101,118)(H,102,109)(H,103,113)(H,104,112)(H,105,114)(H,116,117)/b70-63+/t78-,79-,81+,85-,86+,87+/m0/s1. The van der Waals surface area contributed by atoms with Crippen molar-refractivity contribution in [3.8, 4) is 11.8 Å². The molecule has 728 valence electrons. The Labute approximate surface area is 772 Å². The van der Waals surface area contributed by atoms with Crippen molar-refractivity contribution >= 4 is 76.4 Å². The van der Waals surface area contributed by atoms with Crippen molar-refractivity contribution in [2.24, 2.45) is 23.0 Å². The fourth-order valence-electron chi connectivity index (χ4n) is 13.6. The Morgan fingerprint density at radius 2 is 1.04 bits per heavy atom. The van der Waals surface area contributed by atoms with E-state index in [1.165, 1.54) is 11.8 Å². The summed E-state index contributed by atoms with van der Waals surface area (Å²) in [6, 6.07) is 22.3. The molecule has 0 aromatic heterocycles. The normalized spacial score (nSPS) is 13.5. The summed E-state index contributed by atoms with van der Waals surface area (Å²) in [7, 11) is 4.87. The third-order valence-electron chi connectivity index (χ3n) is 21.2. The van der Waals surface area contributed by atoms with Crippen LogP contribution in [0.5, 0.6) is 0 Å². The minimum Gasteiger partial charge on any atom is -0.478 e. The molecular formula is C96H145N11O24. The second kappa shape index (κ2) is 63.3. The summed E-state index contributed by atoms with van der Waals surface area (Å²) >= 11 is 0. The summed E-state index contributed by atoms with van der Waals surface area (Å²) in [5.41, 5.74) is 9.33. The number of rotatable bonds is 68. The lowest BCUT2D eigenvalue weighted by Gasteiger charge is -2.40. The maximum atomic E-state index is 14.5. The molecule has 0 saturated carbocycles. The van der Waals surface area contributed by atoms with Crippen LogP contribution in [0.25, 0.3) is 0 Å². The average molecular weight is 1840 g/mol. The van der Waals surface area contributed by atoms with Crippen LogP contribution in [-0.4, -0.2) is 292 Å². The summed E-state index contributed by atoms with van der Waals surface area (Å²) < 4.78 is 71.4. The van der Waals surface area contributed by atoms with E-state index in [1.807, 2.05) is 103 Å². The number of methoxy groups -OCH3 is 1. The molecule has 131 heavy (non-hydrogen) atoms. The lowest BCUT2D eigenvalue weighted by Crippen LogP contribution is -2.61. The maximum Gasteiger partial charge on any atom is 0.411 e. The number of para-hydroxylation sites is 1. The van der Waals surface area contributed by atoms with E-state index in [4.69, 9.17) is 67.3 Å². The molecule has 5 rings (SSSR count). The fourth-order valence-corrected chi connectivity index (χ4v) is 13.6. The largest absolute Gasteiger partial charge is 0.478 e. The van der Waals surface area contributed by atoms with E-state index in [-0.39, 0.29) is 88.4 Å². The van der Waals surface area contributed by atoms with Crippen LogP contribution in [0.1, 0.15) is 148 Å². The Kier molecular flexibility index (Phi) is 53.9. The number of hydrogen-bond donors (Lipinski definition) is 10. The minimum atomic E-state index is -1.39. The van der Waals surface area contributed by atoms with Crippen molar-refractivity contribution in [3.63, 3.8) is 0 Å². The molecule has 1 heterocycles. The molecule has 1 aliphatic heterocycles. The van der Waals surface area contributed by atoms with Gasteiger partial charge in [-0.15, -0.1) is 0 Å². The Balaban J connectivity index is 1.08. The van der Waals surface area contributed by atoms with Gasteiger partial charge in [0.15, 0.2) is 0 Å². The van der Waals surface area contributed by atoms with Crippen LogP contribution in [0, 0.1) is 29.1 Å². The molecule has 9 amide bonds. The van der Waals surface area contributed by atoms with E-state index < -0.39 is 101 Å². The zero-order chi connectivity index (χ0) is 95.8. The monoisotopic (exact) mass is 1840 g/mol. The minimum absolute atomic E-state index is 0.00721.